The quantitative estimate of drug-likeness (QED) is 0.810. The number of sulfonamides is 1. The fraction of sp³-hybridized carbons (Fsp3) is 0.600. The van der Waals surface area contributed by atoms with E-state index in [0.29, 0.717) is 18.2 Å². The number of nitrogens with one attached hydrogen (secondary N) is 1. The third kappa shape index (κ3) is 4.18. The molecule has 1 aromatic carbocycles. The number of hydrogen-bond donors (Lipinski definition) is 2. The highest BCUT2D eigenvalue weighted by Crippen LogP contribution is 2.19. The zero-order valence-electron chi connectivity index (χ0n) is 12.8. The SMILES string of the molecule is CCN1CCC(CNS(=O)(=O)c2ccc(C)c(N)c2)CC1. The van der Waals surface area contributed by atoms with Crippen molar-refractivity contribution in [1.29, 1.82) is 0 Å². The predicted molar refractivity (Wildman–Crippen MR) is 85.6 cm³/mol. The lowest BCUT2D eigenvalue weighted by Crippen LogP contribution is -2.38. The maximum absolute atomic E-state index is 12.3. The number of nitrogens with two attached hydrogens (primary N) is 1. The van der Waals surface area contributed by atoms with E-state index in [1.165, 1.54) is 6.07 Å². The van der Waals surface area contributed by atoms with Crippen molar-refractivity contribution >= 4 is 15.7 Å². The average molecular weight is 311 g/mol. The topological polar surface area (TPSA) is 75.4 Å². The molecular formula is C15H25N3O2S. The molecule has 0 radical (unpaired) electrons. The Hall–Kier alpha value is -1.11. The van der Waals surface area contributed by atoms with Gasteiger partial charge in [0.2, 0.25) is 10.0 Å². The van der Waals surface area contributed by atoms with Crippen molar-refractivity contribution < 1.29 is 8.42 Å². The van der Waals surface area contributed by atoms with Crippen LogP contribution in [0.5, 0.6) is 0 Å². The van der Waals surface area contributed by atoms with Crippen LogP contribution in [-0.2, 0) is 10.0 Å². The van der Waals surface area contributed by atoms with E-state index in [0.717, 1.165) is 38.0 Å². The zero-order valence-corrected chi connectivity index (χ0v) is 13.6. The van der Waals surface area contributed by atoms with E-state index < -0.39 is 10.0 Å². The summed E-state index contributed by atoms with van der Waals surface area (Å²) in [5.74, 6) is 0.422. The van der Waals surface area contributed by atoms with E-state index in [-0.39, 0.29) is 4.90 Å². The van der Waals surface area contributed by atoms with E-state index in [1.807, 2.05) is 6.92 Å². The monoisotopic (exact) mass is 311 g/mol. The molecule has 1 aliphatic rings. The first-order chi connectivity index (χ1) is 9.92. The molecule has 0 aliphatic carbocycles. The number of nitrogens with zero attached hydrogens (tertiary/aromatic N) is 1. The lowest BCUT2D eigenvalue weighted by molar-refractivity contribution is 0.194. The zero-order chi connectivity index (χ0) is 15.5. The number of hydrogen-bond acceptors (Lipinski definition) is 4. The third-order valence-corrected chi connectivity index (χ3v) is 5.70. The second-order valence-electron chi connectivity index (χ2n) is 5.75. The largest absolute Gasteiger partial charge is 0.398 e. The summed E-state index contributed by atoms with van der Waals surface area (Å²) in [6.07, 6.45) is 2.10. The molecule has 1 aromatic rings. The van der Waals surface area contributed by atoms with Crippen molar-refractivity contribution in [3.05, 3.63) is 23.8 Å². The molecule has 0 bridgehead atoms. The first-order valence-electron chi connectivity index (χ1n) is 7.50. The van der Waals surface area contributed by atoms with Gasteiger partial charge in [0.25, 0.3) is 0 Å². The standard InChI is InChI=1S/C15H25N3O2S/c1-3-18-8-6-13(7-9-18)11-17-21(19,20)14-5-4-12(2)15(16)10-14/h4-5,10,13,17H,3,6-9,11,16H2,1-2H3. The summed E-state index contributed by atoms with van der Waals surface area (Å²) in [4.78, 5) is 2.64. The van der Waals surface area contributed by atoms with Crippen molar-refractivity contribution in [3.8, 4) is 0 Å². The van der Waals surface area contributed by atoms with E-state index in [4.69, 9.17) is 5.73 Å². The summed E-state index contributed by atoms with van der Waals surface area (Å²) in [6, 6.07) is 4.87. The van der Waals surface area contributed by atoms with Crippen molar-refractivity contribution in [1.82, 2.24) is 9.62 Å². The predicted octanol–water partition coefficient (Wildman–Crippen LogP) is 1.59. The number of benzene rings is 1. The lowest BCUT2D eigenvalue weighted by Gasteiger charge is -2.31. The molecule has 1 aliphatic heterocycles. The van der Waals surface area contributed by atoms with Crippen LogP contribution in [0.25, 0.3) is 0 Å². The summed E-state index contributed by atoms with van der Waals surface area (Å²) >= 11 is 0. The van der Waals surface area contributed by atoms with Gasteiger partial charge in [0.1, 0.15) is 0 Å². The van der Waals surface area contributed by atoms with Crippen LogP contribution >= 0.6 is 0 Å². The number of likely N-dealkylation sites (tertiary alicyclic amines) is 1. The van der Waals surface area contributed by atoms with Crippen LogP contribution < -0.4 is 10.5 Å². The Morgan fingerprint density at radius 1 is 1.33 bits per heavy atom. The van der Waals surface area contributed by atoms with E-state index in [9.17, 15) is 8.42 Å². The first-order valence-corrected chi connectivity index (χ1v) is 8.99. The van der Waals surface area contributed by atoms with Gasteiger partial charge in [-0.2, -0.15) is 0 Å². The highest BCUT2D eigenvalue weighted by Gasteiger charge is 2.21. The van der Waals surface area contributed by atoms with Gasteiger partial charge in [-0.05, 0) is 63.0 Å². The van der Waals surface area contributed by atoms with Gasteiger partial charge in [0, 0.05) is 12.2 Å². The molecule has 6 heteroatoms. The maximum Gasteiger partial charge on any atom is 0.240 e. The summed E-state index contributed by atoms with van der Waals surface area (Å²) in [7, 11) is -3.46. The molecule has 1 saturated heterocycles. The van der Waals surface area contributed by atoms with Gasteiger partial charge in [0.15, 0.2) is 0 Å². The van der Waals surface area contributed by atoms with E-state index >= 15 is 0 Å². The van der Waals surface area contributed by atoms with Crippen molar-refractivity contribution in [3.63, 3.8) is 0 Å². The Morgan fingerprint density at radius 2 is 2.00 bits per heavy atom. The lowest BCUT2D eigenvalue weighted by atomic mass is 9.97. The Balaban J connectivity index is 1.94. The molecule has 1 heterocycles. The van der Waals surface area contributed by atoms with Crippen LogP contribution in [0.2, 0.25) is 0 Å². The highest BCUT2D eigenvalue weighted by molar-refractivity contribution is 7.89. The molecule has 5 nitrogen and oxygen atoms in total. The number of rotatable bonds is 5. The number of piperidine rings is 1. The highest BCUT2D eigenvalue weighted by atomic mass is 32.2. The normalized spacial score (nSPS) is 18.0. The third-order valence-electron chi connectivity index (χ3n) is 4.28. The molecule has 2 rings (SSSR count). The van der Waals surface area contributed by atoms with Crippen molar-refractivity contribution in [2.45, 2.75) is 31.6 Å². The van der Waals surface area contributed by atoms with E-state index in [1.54, 1.807) is 12.1 Å². The summed E-state index contributed by atoms with van der Waals surface area (Å²) in [6.45, 7) is 7.71. The van der Waals surface area contributed by atoms with Crippen LogP contribution in [0, 0.1) is 12.8 Å². The van der Waals surface area contributed by atoms with Gasteiger partial charge >= 0.3 is 0 Å². The molecule has 0 saturated carbocycles. The van der Waals surface area contributed by atoms with Crippen LogP contribution in [0.15, 0.2) is 23.1 Å². The molecule has 0 spiro atoms. The van der Waals surface area contributed by atoms with E-state index in [2.05, 4.69) is 16.5 Å². The fourth-order valence-corrected chi connectivity index (χ4v) is 3.75. The Morgan fingerprint density at radius 3 is 2.57 bits per heavy atom. The molecule has 118 valence electrons. The van der Waals surface area contributed by atoms with Crippen LogP contribution in [0.4, 0.5) is 5.69 Å². The summed E-state index contributed by atoms with van der Waals surface area (Å²) < 4.78 is 27.3. The summed E-state index contributed by atoms with van der Waals surface area (Å²) in [5.41, 5.74) is 7.19. The average Bonchev–Trinajstić information content (AvgIpc) is 2.48. The molecule has 1 fully saturated rings. The van der Waals surface area contributed by atoms with Crippen LogP contribution in [0.1, 0.15) is 25.3 Å². The molecular weight excluding hydrogens is 286 g/mol. The minimum absolute atomic E-state index is 0.247. The van der Waals surface area contributed by atoms with Crippen molar-refractivity contribution in [2.75, 3.05) is 31.9 Å². The van der Waals surface area contributed by atoms with Crippen LogP contribution in [-0.4, -0.2) is 39.5 Å². The van der Waals surface area contributed by atoms with Gasteiger partial charge < -0.3 is 10.6 Å². The second kappa shape index (κ2) is 6.77. The number of aryl methyl sites for hydroxylation is 1. The number of anilines is 1. The minimum atomic E-state index is -3.46. The second-order valence-corrected chi connectivity index (χ2v) is 7.51. The van der Waals surface area contributed by atoms with Gasteiger partial charge in [-0.3, -0.25) is 0 Å². The smallest absolute Gasteiger partial charge is 0.240 e. The first kappa shape index (κ1) is 16.3. The molecule has 3 N–H and O–H groups in total. The van der Waals surface area contributed by atoms with Gasteiger partial charge in [0.05, 0.1) is 4.90 Å². The van der Waals surface area contributed by atoms with Crippen molar-refractivity contribution in [2.24, 2.45) is 5.92 Å². The molecule has 0 atom stereocenters. The molecule has 0 amide bonds. The molecule has 0 aromatic heterocycles. The Bertz CT molecular complexity index is 579. The fourth-order valence-electron chi connectivity index (χ4n) is 2.60. The Kier molecular flexibility index (Phi) is 5.24. The van der Waals surface area contributed by atoms with Gasteiger partial charge in [-0.15, -0.1) is 0 Å². The molecule has 21 heavy (non-hydrogen) atoms. The van der Waals surface area contributed by atoms with Gasteiger partial charge in [-0.1, -0.05) is 13.0 Å². The maximum atomic E-state index is 12.3. The number of nitrogen functional groups attached to an aromatic ring is 1. The summed E-state index contributed by atoms with van der Waals surface area (Å²) in [5, 5.41) is 0. The van der Waals surface area contributed by atoms with Gasteiger partial charge in [-0.25, -0.2) is 13.1 Å². The molecule has 0 unspecified atom stereocenters. The van der Waals surface area contributed by atoms with Crippen LogP contribution in [0.3, 0.4) is 0 Å². The minimum Gasteiger partial charge on any atom is -0.398 e. The Labute approximate surface area is 127 Å².